The fourth-order valence-electron chi connectivity index (χ4n) is 1.71. The monoisotopic (exact) mass is 194 g/mol. The first-order valence-electron chi connectivity index (χ1n) is 4.98. The van der Waals surface area contributed by atoms with Gasteiger partial charge in [-0.2, -0.15) is 0 Å². The molecule has 0 aromatic heterocycles. The fourth-order valence-corrected chi connectivity index (χ4v) is 1.71. The van der Waals surface area contributed by atoms with Crippen molar-refractivity contribution in [3.05, 3.63) is 34.6 Å². The van der Waals surface area contributed by atoms with Crippen molar-refractivity contribution < 1.29 is 9.50 Å². The molecule has 14 heavy (non-hydrogen) atoms. The van der Waals surface area contributed by atoms with Crippen molar-refractivity contribution in [2.45, 2.75) is 38.7 Å². The predicted octanol–water partition coefficient (Wildman–Crippen LogP) is 2.51. The van der Waals surface area contributed by atoms with E-state index in [9.17, 15) is 9.50 Å². The average molecular weight is 194 g/mol. The molecule has 76 valence electrons. The van der Waals surface area contributed by atoms with E-state index in [-0.39, 0.29) is 5.82 Å². The summed E-state index contributed by atoms with van der Waals surface area (Å²) in [5.74, 6) is -0.158. The zero-order valence-electron chi connectivity index (χ0n) is 8.60. The van der Waals surface area contributed by atoms with E-state index >= 15 is 0 Å². The summed E-state index contributed by atoms with van der Waals surface area (Å²) >= 11 is 0. The van der Waals surface area contributed by atoms with Gasteiger partial charge in [0.15, 0.2) is 0 Å². The third kappa shape index (κ3) is 1.80. The van der Waals surface area contributed by atoms with Crippen LogP contribution in [0.1, 0.15) is 29.5 Å². The van der Waals surface area contributed by atoms with Crippen molar-refractivity contribution in [3.63, 3.8) is 0 Å². The van der Waals surface area contributed by atoms with Crippen LogP contribution in [0.4, 0.5) is 4.39 Å². The number of halogens is 1. The number of aliphatic hydroxyl groups is 1. The van der Waals surface area contributed by atoms with Gasteiger partial charge in [0, 0.05) is 6.42 Å². The molecule has 0 heterocycles. The Hall–Kier alpha value is -0.890. The molecule has 2 rings (SSSR count). The third-order valence-corrected chi connectivity index (χ3v) is 2.96. The summed E-state index contributed by atoms with van der Waals surface area (Å²) in [4.78, 5) is 0. The Balaban J connectivity index is 2.29. The van der Waals surface area contributed by atoms with Crippen molar-refractivity contribution >= 4 is 0 Å². The van der Waals surface area contributed by atoms with Crippen molar-refractivity contribution in [1.82, 2.24) is 0 Å². The molecule has 0 spiro atoms. The summed E-state index contributed by atoms with van der Waals surface area (Å²) in [5.41, 5.74) is 2.18. The standard InChI is InChI=1S/C12H15FO/c1-8-6-11(13)9(2)5-10(8)7-12(14)3-4-12/h5-6,14H,3-4,7H2,1-2H3. The van der Waals surface area contributed by atoms with Crippen molar-refractivity contribution in [1.29, 1.82) is 0 Å². The Morgan fingerprint density at radius 3 is 2.50 bits per heavy atom. The van der Waals surface area contributed by atoms with Gasteiger partial charge in [-0.1, -0.05) is 6.07 Å². The molecule has 0 unspecified atom stereocenters. The van der Waals surface area contributed by atoms with E-state index in [0.29, 0.717) is 12.0 Å². The molecule has 0 amide bonds. The Kier molecular flexibility index (Phi) is 2.11. The maximum Gasteiger partial charge on any atom is 0.126 e. The molecular formula is C12H15FO. The van der Waals surface area contributed by atoms with Gasteiger partial charge in [-0.3, -0.25) is 0 Å². The van der Waals surface area contributed by atoms with Crippen LogP contribution in [0.2, 0.25) is 0 Å². The van der Waals surface area contributed by atoms with Crippen LogP contribution in [0, 0.1) is 19.7 Å². The minimum absolute atomic E-state index is 0.158. The van der Waals surface area contributed by atoms with Crippen LogP contribution in [0.15, 0.2) is 12.1 Å². The molecule has 1 saturated carbocycles. The van der Waals surface area contributed by atoms with Crippen molar-refractivity contribution in [2.24, 2.45) is 0 Å². The predicted molar refractivity (Wildman–Crippen MR) is 53.8 cm³/mol. The Morgan fingerprint density at radius 1 is 1.29 bits per heavy atom. The summed E-state index contributed by atoms with van der Waals surface area (Å²) < 4.78 is 13.1. The molecule has 1 aliphatic rings. The van der Waals surface area contributed by atoms with Gasteiger partial charge in [-0.05, 0) is 49.4 Å². The van der Waals surface area contributed by atoms with Gasteiger partial charge in [-0.25, -0.2) is 4.39 Å². The lowest BCUT2D eigenvalue weighted by Crippen LogP contribution is -2.12. The maximum atomic E-state index is 13.1. The van der Waals surface area contributed by atoms with E-state index in [1.807, 2.05) is 13.0 Å². The number of benzene rings is 1. The van der Waals surface area contributed by atoms with Gasteiger partial charge in [0.05, 0.1) is 5.60 Å². The summed E-state index contributed by atoms with van der Waals surface area (Å²) in [6, 6.07) is 3.40. The van der Waals surface area contributed by atoms with Crippen molar-refractivity contribution in [2.75, 3.05) is 0 Å². The first-order chi connectivity index (χ1) is 6.50. The van der Waals surface area contributed by atoms with E-state index in [0.717, 1.165) is 24.0 Å². The second-order valence-electron chi connectivity index (χ2n) is 4.43. The smallest absolute Gasteiger partial charge is 0.126 e. The number of hydrogen-bond donors (Lipinski definition) is 1. The molecule has 0 aliphatic heterocycles. The zero-order valence-corrected chi connectivity index (χ0v) is 8.60. The van der Waals surface area contributed by atoms with Gasteiger partial charge in [-0.15, -0.1) is 0 Å². The minimum atomic E-state index is -0.491. The molecular weight excluding hydrogens is 179 g/mol. The van der Waals surface area contributed by atoms with Crippen LogP contribution < -0.4 is 0 Å². The summed E-state index contributed by atoms with van der Waals surface area (Å²) in [6.07, 6.45) is 2.42. The van der Waals surface area contributed by atoms with Gasteiger partial charge >= 0.3 is 0 Å². The second kappa shape index (κ2) is 3.06. The van der Waals surface area contributed by atoms with Gasteiger partial charge in [0.1, 0.15) is 5.82 Å². The highest BCUT2D eigenvalue weighted by Gasteiger charge is 2.40. The molecule has 0 saturated heterocycles. The second-order valence-corrected chi connectivity index (χ2v) is 4.43. The van der Waals surface area contributed by atoms with E-state index in [1.165, 1.54) is 0 Å². The minimum Gasteiger partial charge on any atom is -0.390 e. The third-order valence-electron chi connectivity index (χ3n) is 2.96. The first kappa shape index (κ1) is 9.66. The number of hydrogen-bond acceptors (Lipinski definition) is 1. The van der Waals surface area contributed by atoms with Crippen LogP contribution in [0.3, 0.4) is 0 Å². The molecule has 2 heteroatoms. The van der Waals surface area contributed by atoms with Crippen LogP contribution in [-0.4, -0.2) is 10.7 Å². The van der Waals surface area contributed by atoms with E-state index in [4.69, 9.17) is 0 Å². The average Bonchev–Trinajstić information content (AvgIpc) is 2.80. The lowest BCUT2D eigenvalue weighted by molar-refractivity contribution is 0.150. The number of rotatable bonds is 2. The fraction of sp³-hybridized carbons (Fsp3) is 0.500. The van der Waals surface area contributed by atoms with Crippen LogP contribution in [0.25, 0.3) is 0 Å². The van der Waals surface area contributed by atoms with E-state index < -0.39 is 5.60 Å². The molecule has 0 atom stereocenters. The SMILES string of the molecule is Cc1cc(CC2(O)CC2)c(C)cc1F. The van der Waals surface area contributed by atoms with Gasteiger partial charge in [0.2, 0.25) is 0 Å². The largest absolute Gasteiger partial charge is 0.390 e. The van der Waals surface area contributed by atoms with Gasteiger partial charge < -0.3 is 5.11 Å². The van der Waals surface area contributed by atoms with Gasteiger partial charge in [0.25, 0.3) is 0 Å². The quantitative estimate of drug-likeness (QED) is 0.767. The zero-order chi connectivity index (χ0) is 10.3. The summed E-state index contributed by atoms with van der Waals surface area (Å²) in [5, 5.41) is 9.77. The lowest BCUT2D eigenvalue weighted by atomic mass is 9.99. The molecule has 0 bridgehead atoms. The van der Waals surface area contributed by atoms with E-state index in [2.05, 4.69) is 0 Å². The highest BCUT2D eigenvalue weighted by molar-refractivity contribution is 5.33. The highest BCUT2D eigenvalue weighted by atomic mass is 19.1. The van der Waals surface area contributed by atoms with Crippen LogP contribution >= 0.6 is 0 Å². The Labute approximate surface area is 83.6 Å². The first-order valence-corrected chi connectivity index (χ1v) is 4.98. The maximum absolute atomic E-state index is 13.1. The molecule has 1 aromatic carbocycles. The van der Waals surface area contributed by atoms with E-state index in [1.54, 1.807) is 13.0 Å². The van der Waals surface area contributed by atoms with Crippen LogP contribution in [-0.2, 0) is 6.42 Å². The Morgan fingerprint density at radius 2 is 1.93 bits per heavy atom. The summed E-state index contributed by atoms with van der Waals surface area (Å²) in [6.45, 7) is 3.65. The molecule has 1 N–H and O–H groups in total. The lowest BCUT2D eigenvalue weighted by Gasteiger charge is -2.11. The topological polar surface area (TPSA) is 20.2 Å². The molecule has 1 fully saturated rings. The molecule has 1 aromatic rings. The summed E-state index contributed by atoms with van der Waals surface area (Å²) in [7, 11) is 0. The molecule has 0 radical (unpaired) electrons. The highest BCUT2D eigenvalue weighted by Crippen LogP contribution is 2.39. The number of aryl methyl sites for hydroxylation is 2. The molecule has 1 aliphatic carbocycles. The molecule has 1 nitrogen and oxygen atoms in total. The van der Waals surface area contributed by atoms with Crippen LogP contribution in [0.5, 0.6) is 0 Å². The Bertz CT molecular complexity index is 367. The normalized spacial score (nSPS) is 18.3. The van der Waals surface area contributed by atoms with Crippen molar-refractivity contribution in [3.8, 4) is 0 Å².